The van der Waals surface area contributed by atoms with Crippen LogP contribution in [-0.4, -0.2) is 34.6 Å². The van der Waals surface area contributed by atoms with Gasteiger partial charge >= 0.3 is 0 Å². The number of carbonyl (C=O) groups excluding carboxylic acids is 1. The van der Waals surface area contributed by atoms with Gasteiger partial charge in [0.2, 0.25) is 15.9 Å². The van der Waals surface area contributed by atoms with Crippen LogP contribution in [0.25, 0.3) is 0 Å². The van der Waals surface area contributed by atoms with E-state index in [1.165, 1.54) is 19.2 Å². The molecule has 0 aromatic heterocycles. The first-order valence-electron chi connectivity index (χ1n) is 10.9. The van der Waals surface area contributed by atoms with E-state index < -0.39 is 28.0 Å². The first-order valence-corrected chi connectivity index (χ1v) is 12.4. The maximum absolute atomic E-state index is 13.3. The molecule has 2 N–H and O–H groups in total. The van der Waals surface area contributed by atoms with Crippen molar-refractivity contribution in [3.63, 3.8) is 0 Å². The van der Waals surface area contributed by atoms with Crippen LogP contribution in [0.5, 0.6) is 11.5 Å². The molecular formula is C26H30N2O5S. The molecule has 2 atom stereocenters. The topological polar surface area (TPSA) is 93.7 Å². The molecule has 0 bridgehead atoms. The zero-order valence-electron chi connectivity index (χ0n) is 19.7. The molecule has 180 valence electrons. The number of sulfonamides is 1. The van der Waals surface area contributed by atoms with Crippen LogP contribution in [0.2, 0.25) is 0 Å². The van der Waals surface area contributed by atoms with Crippen LogP contribution in [0.4, 0.5) is 0 Å². The van der Waals surface area contributed by atoms with Crippen molar-refractivity contribution < 1.29 is 22.7 Å². The van der Waals surface area contributed by atoms with Crippen molar-refractivity contribution in [2.45, 2.75) is 37.2 Å². The molecule has 0 unspecified atom stereocenters. The molecule has 8 heteroatoms. The molecule has 0 saturated heterocycles. The second kappa shape index (κ2) is 11.2. The minimum Gasteiger partial charge on any atom is -0.496 e. The van der Waals surface area contributed by atoms with E-state index in [1.807, 2.05) is 61.5 Å². The molecular weight excluding hydrogens is 452 g/mol. The van der Waals surface area contributed by atoms with E-state index in [-0.39, 0.29) is 11.3 Å². The van der Waals surface area contributed by atoms with E-state index in [0.29, 0.717) is 17.1 Å². The van der Waals surface area contributed by atoms with Gasteiger partial charge < -0.3 is 14.8 Å². The molecule has 0 saturated carbocycles. The monoisotopic (exact) mass is 482 g/mol. The number of hydrogen-bond donors (Lipinski definition) is 2. The highest BCUT2D eigenvalue weighted by Crippen LogP contribution is 2.25. The standard InChI is InChI=1S/C26H30N2O5S/c1-18-16-21(14-15-24(18)32-3)34(30,31)28-23(17-20-10-6-5-7-11-20)26(29)27-19(2)22-12-8-9-13-25(22)33-4/h5-16,19,23,28H,17H2,1-4H3,(H,27,29)/t19-,23-/m0/s1. The molecule has 0 radical (unpaired) electrons. The van der Waals surface area contributed by atoms with Gasteiger partial charge in [-0.05, 0) is 55.7 Å². The van der Waals surface area contributed by atoms with Crippen molar-refractivity contribution in [1.82, 2.24) is 10.0 Å². The Morgan fingerprint density at radius 3 is 2.21 bits per heavy atom. The SMILES string of the molecule is COc1ccc(S(=O)(=O)N[C@@H](Cc2ccccc2)C(=O)N[C@@H](C)c2ccccc2OC)cc1C. The van der Waals surface area contributed by atoms with Crippen LogP contribution in [-0.2, 0) is 21.2 Å². The number of benzene rings is 3. The van der Waals surface area contributed by atoms with Crippen LogP contribution >= 0.6 is 0 Å². The molecule has 3 aromatic carbocycles. The lowest BCUT2D eigenvalue weighted by atomic mass is 10.0. The summed E-state index contributed by atoms with van der Waals surface area (Å²) in [5, 5.41) is 2.93. The highest BCUT2D eigenvalue weighted by atomic mass is 32.2. The summed E-state index contributed by atoms with van der Waals surface area (Å²) in [7, 11) is -0.885. The second-order valence-corrected chi connectivity index (χ2v) is 9.68. The third-order valence-electron chi connectivity index (χ3n) is 5.54. The van der Waals surface area contributed by atoms with E-state index in [4.69, 9.17) is 9.47 Å². The van der Waals surface area contributed by atoms with Crippen LogP contribution in [0.3, 0.4) is 0 Å². The van der Waals surface area contributed by atoms with Crippen LogP contribution in [0.15, 0.2) is 77.7 Å². The average molecular weight is 483 g/mol. The molecule has 7 nitrogen and oxygen atoms in total. The third kappa shape index (κ3) is 6.15. The van der Waals surface area contributed by atoms with Gasteiger partial charge in [-0.3, -0.25) is 4.79 Å². The Bertz CT molecular complexity index is 1230. The lowest BCUT2D eigenvalue weighted by molar-refractivity contribution is -0.123. The molecule has 0 aliphatic rings. The quantitative estimate of drug-likeness (QED) is 0.459. The number of nitrogens with one attached hydrogen (secondary N) is 2. The molecule has 0 fully saturated rings. The second-order valence-electron chi connectivity index (χ2n) is 7.97. The predicted octanol–water partition coefficient (Wildman–Crippen LogP) is 3.78. The molecule has 0 aliphatic heterocycles. The zero-order valence-corrected chi connectivity index (χ0v) is 20.6. The number of hydrogen-bond acceptors (Lipinski definition) is 5. The van der Waals surface area contributed by atoms with Gasteiger partial charge in [-0.1, -0.05) is 48.5 Å². The fourth-order valence-corrected chi connectivity index (χ4v) is 5.01. The van der Waals surface area contributed by atoms with E-state index >= 15 is 0 Å². The predicted molar refractivity (Wildman–Crippen MR) is 132 cm³/mol. The van der Waals surface area contributed by atoms with Crippen molar-refractivity contribution in [3.8, 4) is 11.5 Å². The zero-order chi connectivity index (χ0) is 24.7. The summed E-state index contributed by atoms with van der Waals surface area (Å²) in [6, 6.07) is 19.8. The number of aryl methyl sites for hydroxylation is 1. The summed E-state index contributed by atoms with van der Waals surface area (Å²) in [6.45, 7) is 3.59. The Kier molecular flexibility index (Phi) is 8.31. The number of amides is 1. The Labute approximate surface area is 201 Å². The van der Waals surface area contributed by atoms with E-state index in [2.05, 4.69) is 10.0 Å². The Morgan fingerprint density at radius 1 is 0.912 bits per heavy atom. The summed E-state index contributed by atoms with van der Waals surface area (Å²) in [5.74, 6) is 0.795. The fourth-order valence-electron chi connectivity index (χ4n) is 3.73. The van der Waals surface area contributed by atoms with Gasteiger partial charge in [0.15, 0.2) is 0 Å². The van der Waals surface area contributed by atoms with Crippen molar-refractivity contribution >= 4 is 15.9 Å². The van der Waals surface area contributed by atoms with Gasteiger partial charge in [0.25, 0.3) is 0 Å². The van der Waals surface area contributed by atoms with Gasteiger partial charge in [0.1, 0.15) is 17.5 Å². The van der Waals surface area contributed by atoms with Crippen molar-refractivity contribution in [3.05, 3.63) is 89.5 Å². The summed E-state index contributed by atoms with van der Waals surface area (Å²) >= 11 is 0. The highest BCUT2D eigenvalue weighted by molar-refractivity contribution is 7.89. The smallest absolute Gasteiger partial charge is 0.241 e. The Hall–Kier alpha value is -3.36. The number of methoxy groups -OCH3 is 2. The van der Waals surface area contributed by atoms with Crippen LogP contribution in [0, 0.1) is 6.92 Å². The summed E-state index contributed by atoms with van der Waals surface area (Å²) in [4.78, 5) is 13.4. The molecule has 0 aliphatic carbocycles. The Morgan fingerprint density at radius 2 is 1.56 bits per heavy atom. The molecule has 34 heavy (non-hydrogen) atoms. The van der Waals surface area contributed by atoms with Gasteiger partial charge in [-0.25, -0.2) is 8.42 Å². The first kappa shape index (κ1) is 25.3. The maximum atomic E-state index is 13.3. The summed E-state index contributed by atoms with van der Waals surface area (Å²) in [5.41, 5.74) is 2.31. The largest absolute Gasteiger partial charge is 0.496 e. The normalized spacial score (nSPS) is 13.1. The molecule has 1 amide bonds. The Balaban J connectivity index is 1.87. The fraction of sp³-hybridized carbons (Fsp3) is 0.269. The number of para-hydroxylation sites is 1. The van der Waals surface area contributed by atoms with E-state index in [1.54, 1.807) is 20.1 Å². The number of carbonyl (C=O) groups is 1. The molecule has 0 heterocycles. The van der Waals surface area contributed by atoms with E-state index in [0.717, 1.165) is 11.1 Å². The van der Waals surface area contributed by atoms with Gasteiger partial charge in [-0.15, -0.1) is 0 Å². The first-order chi connectivity index (χ1) is 16.2. The lowest BCUT2D eigenvalue weighted by Gasteiger charge is -2.23. The highest BCUT2D eigenvalue weighted by Gasteiger charge is 2.28. The van der Waals surface area contributed by atoms with Gasteiger partial charge in [0, 0.05) is 5.56 Å². The molecule has 3 aromatic rings. The van der Waals surface area contributed by atoms with E-state index in [9.17, 15) is 13.2 Å². The van der Waals surface area contributed by atoms with Crippen molar-refractivity contribution in [2.75, 3.05) is 14.2 Å². The van der Waals surface area contributed by atoms with Crippen molar-refractivity contribution in [1.29, 1.82) is 0 Å². The summed E-state index contributed by atoms with van der Waals surface area (Å²) < 4.78 is 39.6. The number of ether oxygens (including phenoxy) is 2. The molecule has 0 spiro atoms. The summed E-state index contributed by atoms with van der Waals surface area (Å²) in [6.07, 6.45) is 0.194. The average Bonchev–Trinajstić information content (AvgIpc) is 2.84. The number of rotatable bonds is 10. The minimum absolute atomic E-state index is 0.0643. The minimum atomic E-state index is -3.98. The van der Waals surface area contributed by atoms with Crippen LogP contribution in [0.1, 0.15) is 29.7 Å². The maximum Gasteiger partial charge on any atom is 0.241 e. The lowest BCUT2D eigenvalue weighted by Crippen LogP contribution is -2.48. The van der Waals surface area contributed by atoms with Gasteiger partial charge in [0.05, 0.1) is 25.2 Å². The molecule has 3 rings (SSSR count). The van der Waals surface area contributed by atoms with Gasteiger partial charge in [-0.2, -0.15) is 4.72 Å². The van der Waals surface area contributed by atoms with Crippen LogP contribution < -0.4 is 19.5 Å². The third-order valence-corrected chi connectivity index (χ3v) is 7.01. The van der Waals surface area contributed by atoms with Crippen molar-refractivity contribution in [2.24, 2.45) is 0 Å².